The average Bonchev–Trinajstić information content (AvgIpc) is 2.13. The van der Waals surface area contributed by atoms with Crippen LogP contribution in [0.2, 0.25) is 0 Å². The Morgan fingerprint density at radius 1 is 1.39 bits per heavy atom. The van der Waals surface area contributed by atoms with Crippen LogP contribution in [-0.2, 0) is 9.05 Å². The van der Waals surface area contributed by atoms with Gasteiger partial charge in [0.25, 0.3) is 9.05 Å². The number of hydrogen-bond acceptors (Lipinski definition) is 4. The fourth-order valence-electron chi connectivity index (χ4n) is 1.01. The molecule has 0 saturated carbocycles. The van der Waals surface area contributed by atoms with E-state index in [-0.39, 0.29) is 9.13 Å². The molecule has 3 nitrogen and oxygen atoms in total. The second kappa shape index (κ2) is 5.44. The third-order valence-electron chi connectivity index (χ3n) is 1.65. The van der Waals surface area contributed by atoms with Gasteiger partial charge < -0.3 is 0 Å². The van der Waals surface area contributed by atoms with Crippen LogP contribution in [0.3, 0.4) is 0 Å². The summed E-state index contributed by atoms with van der Waals surface area (Å²) in [5.74, 6) is 0. The molecule has 18 heavy (non-hydrogen) atoms. The van der Waals surface area contributed by atoms with Crippen LogP contribution >= 0.6 is 45.0 Å². The van der Waals surface area contributed by atoms with Gasteiger partial charge in [-0.05, 0) is 46.5 Å². The molecule has 98 valence electrons. The Morgan fingerprint density at radius 3 is 2.33 bits per heavy atom. The highest BCUT2D eigenvalue weighted by Crippen LogP contribution is 2.40. The van der Waals surface area contributed by atoms with Gasteiger partial charge in [-0.1, -0.05) is 0 Å². The van der Waals surface area contributed by atoms with Crippen molar-refractivity contribution in [3.63, 3.8) is 0 Å². The van der Waals surface area contributed by atoms with Crippen molar-refractivity contribution in [1.82, 2.24) is 0 Å². The summed E-state index contributed by atoms with van der Waals surface area (Å²) in [6.45, 7) is 0. The third-order valence-corrected chi connectivity index (χ3v) is 4.60. The molecule has 0 bridgehead atoms. The minimum Gasteiger partial charge on any atom is -0.207 e. The Labute approximate surface area is 123 Å². The van der Waals surface area contributed by atoms with Crippen molar-refractivity contribution in [3.05, 3.63) is 21.3 Å². The summed E-state index contributed by atoms with van der Waals surface area (Å²) >= 11 is 1.02. The van der Waals surface area contributed by atoms with Crippen molar-refractivity contribution in [1.29, 1.82) is 5.26 Å². The van der Waals surface area contributed by atoms with Gasteiger partial charge in [0.2, 0.25) is 0 Å². The van der Waals surface area contributed by atoms with Gasteiger partial charge in [0.05, 0.1) is 10.5 Å². The molecule has 0 N–H and O–H groups in total. The standard InChI is InChI=1S/C8H2ClF3INO2S2/c9-18(15,16)4-1-6(13)5(3-14)7(2-4)17-8(10,11)12/h1-2H. The van der Waals surface area contributed by atoms with Crippen LogP contribution in [0.5, 0.6) is 0 Å². The van der Waals surface area contributed by atoms with E-state index in [9.17, 15) is 21.6 Å². The van der Waals surface area contributed by atoms with Gasteiger partial charge >= 0.3 is 5.51 Å². The van der Waals surface area contributed by atoms with Crippen LogP contribution in [0.15, 0.2) is 21.9 Å². The van der Waals surface area contributed by atoms with E-state index in [0.29, 0.717) is 0 Å². The van der Waals surface area contributed by atoms with Crippen molar-refractivity contribution < 1.29 is 21.6 Å². The number of benzene rings is 1. The van der Waals surface area contributed by atoms with E-state index in [1.54, 1.807) is 28.7 Å². The zero-order chi connectivity index (χ0) is 14.1. The highest BCUT2D eigenvalue weighted by molar-refractivity contribution is 14.1. The van der Waals surface area contributed by atoms with Crippen molar-refractivity contribution in [2.75, 3.05) is 0 Å². The molecule has 0 atom stereocenters. The summed E-state index contributed by atoms with van der Waals surface area (Å²) < 4.78 is 59.1. The quantitative estimate of drug-likeness (QED) is 0.410. The molecule has 10 heteroatoms. The van der Waals surface area contributed by atoms with E-state index >= 15 is 0 Å². The summed E-state index contributed by atoms with van der Waals surface area (Å²) in [5.41, 5.74) is -4.86. The number of alkyl halides is 3. The van der Waals surface area contributed by atoms with Crippen LogP contribution in [0.1, 0.15) is 5.56 Å². The summed E-state index contributed by atoms with van der Waals surface area (Å²) in [4.78, 5) is -0.963. The zero-order valence-electron chi connectivity index (χ0n) is 8.12. The highest BCUT2D eigenvalue weighted by Gasteiger charge is 2.32. The lowest BCUT2D eigenvalue weighted by Gasteiger charge is -2.09. The lowest BCUT2D eigenvalue weighted by atomic mass is 10.2. The molecule has 0 heterocycles. The maximum absolute atomic E-state index is 12.3. The predicted octanol–water partition coefficient (Wildman–Crippen LogP) is 3.70. The van der Waals surface area contributed by atoms with Gasteiger partial charge in [0, 0.05) is 19.1 Å². The van der Waals surface area contributed by atoms with E-state index in [4.69, 9.17) is 15.9 Å². The van der Waals surface area contributed by atoms with Crippen LogP contribution in [-0.4, -0.2) is 13.9 Å². The summed E-state index contributed by atoms with van der Waals surface area (Å²) in [7, 11) is 0.914. The van der Waals surface area contributed by atoms with Gasteiger partial charge in [-0.3, -0.25) is 0 Å². The van der Waals surface area contributed by atoms with E-state index in [1.165, 1.54) is 0 Å². The van der Waals surface area contributed by atoms with Crippen LogP contribution in [0.25, 0.3) is 0 Å². The zero-order valence-corrected chi connectivity index (χ0v) is 12.7. The maximum Gasteiger partial charge on any atom is 0.446 e. The fourth-order valence-corrected chi connectivity index (χ4v) is 3.71. The summed E-state index contributed by atoms with van der Waals surface area (Å²) in [6, 6.07) is 3.38. The van der Waals surface area contributed by atoms with Crippen molar-refractivity contribution >= 4 is 54.1 Å². The molecule has 0 fully saturated rings. The molecule has 0 aromatic heterocycles. The smallest absolute Gasteiger partial charge is 0.207 e. The van der Waals surface area contributed by atoms with E-state index in [0.717, 1.165) is 12.1 Å². The average molecular weight is 428 g/mol. The third kappa shape index (κ3) is 4.18. The Balaban J connectivity index is 3.48. The predicted molar refractivity (Wildman–Crippen MR) is 68.8 cm³/mol. The molecule has 0 unspecified atom stereocenters. The highest BCUT2D eigenvalue weighted by atomic mass is 127. The van der Waals surface area contributed by atoms with Crippen LogP contribution < -0.4 is 0 Å². The molecule has 0 spiro atoms. The Bertz CT molecular complexity index is 624. The van der Waals surface area contributed by atoms with Crippen molar-refractivity contribution in [2.24, 2.45) is 0 Å². The number of nitriles is 1. The van der Waals surface area contributed by atoms with Gasteiger partial charge in [-0.25, -0.2) is 8.42 Å². The molecule has 0 saturated heterocycles. The molecule has 0 amide bonds. The first-order valence-electron chi connectivity index (χ1n) is 3.98. The first kappa shape index (κ1) is 15.9. The Morgan fingerprint density at radius 2 is 1.94 bits per heavy atom. The number of halogens is 5. The molecular weight excluding hydrogens is 426 g/mol. The fraction of sp³-hybridized carbons (Fsp3) is 0.125. The van der Waals surface area contributed by atoms with E-state index in [2.05, 4.69) is 0 Å². The summed E-state index contributed by atoms with van der Waals surface area (Å²) in [6.07, 6.45) is 0. The normalized spacial score (nSPS) is 12.2. The van der Waals surface area contributed by atoms with Gasteiger partial charge in [0.1, 0.15) is 6.07 Å². The molecule has 1 rings (SSSR count). The second-order valence-corrected chi connectivity index (χ2v) is 7.71. The molecule has 0 aliphatic rings. The number of hydrogen-bond donors (Lipinski definition) is 0. The summed E-state index contributed by atoms with van der Waals surface area (Å²) in [5, 5.41) is 8.77. The number of nitrogens with zero attached hydrogens (tertiary/aromatic N) is 1. The minimum absolute atomic E-state index is 0.0866. The van der Waals surface area contributed by atoms with Gasteiger partial charge in [-0.2, -0.15) is 18.4 Å². The van der Waals surface area contributed by atoms with Crippen LogP contribution in [0, 0.1) is 14.9 Å². The van der Waals surface area contributed by atoms with Gasteiger partial charge in [-0.15, -0.1) is 0 Å². The Hall–Kier alpha value is -0.180. The molecule has 1 aromatic carbocycles. The monoisotopic (exact) mass is 427 g/mol. The lowest BCUT2D eigenvalue weighted by molar-refractivity contribution is -0.0328. The topological polar surface area (TPSA) is 57.9 Å². The maximum atomic E-state index is 12.3. The number of thioether (sulfide) groups is 1. The van der Waals surface area contributed by atoms with Crippen LogP contribution in [0.4, 0.5) is 13.2 Å². The van der Waals surface area contributed by atoms with Gasteiger partial charge in [0.15, 0.2) is 0 Å². The molecule has 0 aliphatic heterocycles. The largest absolute Gasteiger partial charge is 0.446 e. The molecule has 0 aliphatic carbocycles. The second-order valence-electron chi connectivity index (χ2n) is 2.88. The minimum atomic E-state index is -4.62. The number of rotatable bonds is 2. The van der Waals surface area contributed by atoms with Crippen molar-refractivity contribution in [2.45, 2.75) is 15.3 Å². The SMILES string of the molecule is N#Cc1c(I)cc(S(=O)(=O)Cl)cc1SC(F)(F)F. The van der Waals surface area contributed by atoms with E-state index < -0.39 is 36.1 Å². The Kier molecular flexibility index (Phi) is 4.80. The molecular formula is C8H2ClF3INO2S2. The molecule has 1 aromatic rings. The first-order valence-corrected chi connectivity index (χ1v) is 8.19. The van der Waals surface area contributed by atoms with Crippen molar-refractivity contribution in [3.8, 4) is 6.07 Å². The lowest BCUT2D eigenvalue weighted by Crippen LogP contribution is -2.03. The van der Waals surface area contributed by atoms with E-state index in [1.807, 2.05) is 0 Å². The first-order chi connectivity index (χ1) is 8.04. The molecule has 0 radical (unpaired) electrons.